The number of hydrogen-bond acceptors (Lipinski definition) is 8. The van der Waals surface area contributed by atoms with E-state index in [4.69, 9.17) is 31.2 Å². The van der Waals surface area contributed by atoms with Crippen LogP contribution in [0.1, 0.15) is 58.8 Å². The number of carboxylic acids is 1. The summed E-state index contributed by atoms with van der Waals surface area (Å²) in [5.74, 6) is -0.627. The molecule has 5 aromatic rings. The third-order valence-corrected chi connectivity index (χ3v) is 9.41. The van der Waals surface area contributed by atoms with Gasteiger partial charge in [0.05, 0.1) is 27.3 Å². The van der Waals surface area contributed by atoms with Crippen molar-refractivity contribution >= 4 is 61.8 Å². The quantitative estimate of drug-likeness (QED) is 0.172. The number of benzene rings is 3. The van der Waals surface area contributed by atoms with Gasteiger partial charge in [0, 0.05) is 47.2 Å². The molecule has 1 atom stereocenters. The van der Waals surface area contributed by atoms with Crippen molar-refractivity contribution in [2.75, 3.05) is 18.0 Å². The van der Waals surface area contributed by atoms with E-state index in [0.717, 1.165) is 54.2 Å². The second-order valence-electron chi connectivity index (χ2n) is 14.1. The van der Waals surface area contributed by atoms with Crippen LogP contribution in [0.15, 0.2) is 48.5 Å². The first-order valence-electron chi connectivity index (χ1n) is 15.5. The molecule has 1 N–H and O–H groups in total. The summed E-state index contributed by atoms with van der Waals surface area (Å²) in [6.07, 6.45) is -1.19. The van der Waals surface area contributed by atoms with E-state index in [9.17, 15) is 14.7 Å². The Bertz CT molecular complexity index is 2010. The van der Waals surface area contributed by atoms with Crippen LogP contribution in [0.5, 0.6) is 0 Å². The lowest BCUT2D eigenvalue weighted by Crippen LogP contribution is -2.52. The summed E-state index contributed by atoms with van der Waals surface area (Å²) in [6, 6.07) is 15.5. The lowest BCUT2D eigenvalue weighted by atomic mass is 9.91. The number of nitrogens with zero attached hydrogens (tertiary/aromatic N) is 4. The lowest BCUT2D eigenvalue weighted by Gasteiger charge is -2.39. The molecule has 0 aliphatic carbocycles. The number of anilines is 1. The van der Waals surface area contributed by atoms with E-state index in [0.29, 0.717) is 23.7 Å². The topological polar surface area (TPSA) is 107 Å². The summed E-state index contributed by atoms with van der Waals surface area (Å²) >= 11 is 7.77. The zero-order valence-corrected chi connectivity index (χ0v) is 29.4. The molecule has 0 saturated carbocycles. The van der Waals surface area contributed by atoms with E-state index in [1.807, 2.05) is 90.5 Å². The molecular formula is C36H39ClN4O5S. The normalized spacial score (nSPS) is 14.9. The molecule has 1 aliphatic heterocycles. The molecule has 6 rings (SSSR count). The summed E-state index contributed by atoms with van der Waals surface area (Å²) in [5, 5.41) is 17.5. The molecule has 9 nitrogen and oxygen atoms in total. The van der Waals surface area contributed by atoms with Gasteiger partial charge in [-0.2, -0.15) is 5.10 Å². The molecule has 0 bridgehead atoms. The van der Waals surface area contributed by atoms with Crippen molar-refractivity contribution < 1.29 is 24.2 Å². The van der Waals surface area contributed by atoms with Gasteiger partial charge >= 0.3 is 11.9 Å². The minimum Gasteiger partial charge on any atom is -0.479 e. The van der Waals surface area contributed by atoms with Crippen LogP contribution in [0.3, 0.4) is 0 Å². The molecule has 246 valence electrons. The van der Waals surface area contributed by atoms with E-state index >= 15 is 0 Å². The maximum absolute atomic E-state index is 12.7. The number of aryl methyl sites for hydroxylation is 2. The van der Waals surface area contributed by atoms with Gasteiger partial charge in [0.1, 0.15) is 10.6 Å². The van der Waals surface area contributed by atoms with Gasteiger partial charge in [0.15, 0.2) is 11.9 Å². The number of hydrogen-bond donors (Lipinski definition) is 1. The monoisotopic (exact) mass is 674 g/mol. The number of fused-ring (bicyclic) bond motifs is 2. The highest BCUT2D eigenvalue weighted by Gasteiger charge is 2.38. The van der Waals surface area contributed by atoms with Crippen molar-refractivity contribution in [1.82, 2.24) is 14.8 Å². The summed E-state index contributed by atoms with van der Waals surface area (Å²) in [4.78, 5) is 32.5. The van der Waals surface area contributed by atoms with E-state index in [1.54, 1.807) is 12.1 Å². The summed E-state index contributed by atoms with van der Waals surface area (Å²) in [6.45, 7) is 14.2. The van der Waals surface area contributed by atoms with Crippen molar-refractivity contribution in [3.63, 3.8) is 0 Å². The minimum atomic E-state index is -1.19. The smallest absolute Gasteiger partial charge is 0.337 e. The largest absolute Gasteiger partial charge is 0.479 e. The fourth-order valence-electron chi connectivity index (χ4n) is 5.96. The Kier molecular flexibility index (Phi) is 8.35. The highest BCUT2D eigenvalue weighted by atomic mass is 35.5. The maximum atomic E-state index is 12.7. The Hall–Kier alpha value is -3.99. The van der Waals surface area contributed by atoms with Gasteiger partial charge < -0.3 is 19.5 Å². The average molecular weight is 675 g/mol. The molecule has 1 fully saturated rings. The van der Waals surface area contributed by atoms with Crippen molar-refractivity contribution in [3.8, 4) is 21.7 Å². The Labute approximate surface area is 283 Å². The maximum Gasteiger partial charge on any atom is 0.337 e. The number of ether oxygens (including phenoxy) is 2. The third kappa shape index (κ3) is 6.59. The predicted octanol–water partition coefficient (Wildman–Crippen LogP) is 8.20. The van der Waals surface area contributed by atoms with Gasteiger partial charge in [-0.3, -0.25) is 9.48 Å². The Morgan fingerprint density at radius 2 is 1.66 bits per heavy atom. The number of thiazole rings is 1. The number of carbonyl (C=O) groups excluding carboxylic acids is 1. The van der Waals surface area contributed by atoms with E-state index in [-0.39, 0.29) is 11.9 Å². The van der Waals surface area contributed by atoms with Crippen LogP contribution in [0.2, 0.25) is 5.02 Å². The highest BCUT2D eigenvalue weighted by molar-refractivity contribution is 7.22. The molecule has 2 aromatic heterocycles. The molecule has 47 heavy (non-hydrogen) atoms. The third-order valence-electron chi connectivity index (χ3n) is 8.02. The van der Waals surface area contributed by atoms with Crippen LogP contribution >= 0.6 is 22.9 Å². The fourth-order valence-corrected chi connectivity index (χ4v) is 7.21. The van der Waals surface area contributed by atoms with Crippen molar-refractivity contribution in [2.24, 2.45) is 13.0 Å². The molecular weight excluding hydrogens is 636 g/mol. The van der Waals surface area contributed by atoms with Crippen LogP contribution in [-0.4, -0.2) is 56.1 Å². The van der Waals surface area contributed by atoms with Crippen LogP contribution in [0, 0.1) is 12.8 Å². The van der Waals surface area contributed by atoms with Crippen LogP contribution in [0.4, 0.5) is 5.82 Å². The lowest BCUT2D eigenvalue weighted by molar-refractivity contribution is -0.161. The Morgan fingerprint density at radius 1 is 1.00 bits per heavy atom. The van der Waals surface area contributed by atoms with Gasteiger partial charge in [-0.1, -0.05) is 23.7 Å². The molecule has 1 saturated heterocycles. The summed E-state index contributed by atoms with van der Waals surface area (Å²) in [7, 11) is 1.91. The van der Waals surface area contributed by atoms with Gasteiger partial charge in [-0.05, 0) is 96.0 Å². The predicted molar refractivity (Wildman–Crippen MR) is 187 cm³/mol. The van der Waals surface area contributed by atoms with Crippen LogP contribution in [0.25, 0.3) is 42.8 Å². The zero-order chi connectivity index (χ0) is 34.0. The molecule has 3 heterocycles. The van der Waals surface area contributed by atoms with Gasteiger partial charge in [0.25, 0.3) is 0 Å². The zero-order valence-electron chi connectivity index (χ0n) is 27.8. The number of halogens is 1. The first-order valence-corrected chi connectivity index (χ1v) is 16.7. The van der Waals surface area contributed by atoms with E-state index < -0.39 is 23.3 Å². The molecule has 3 aromatic carbocycles. The number of aromatic nitrogens is 3. The van der Waals surface area contributed by atoms with Crippen LogP contribution in [-0.2, 0) is 26.1 Å². The first-order chi connectivity index (χ1) is 22.0. The van der Waals surface area contributed by atoms with Crippen molar-refractivity contribution in [1.29, 1.82) is 0 Å². The van der Waals surface area contributed by atoms with E-state index in [2.05, 4.69) is 11.0 Å². The number of rotatable bonds is 7. The minimum absolute atomic E-state index is 0.187. The standard InChI is InChI=1S/C36H39ClN4O5S/c1-19-15-25-30(28(20-9-12-23(37)13-10-20)27(19)29(33(42)43)45-35(2,3)4)47-32(38-25)21-11-14-26-24(16-21)31(39-40(26)8)41-17-22(18-41)34(44)46-36(5,6)7/h9-16,22,29H,17-18H2,1-8H3,(H,42,43)/t29-/m0/s1. The Balaban J connectivity index is 1.44. The molecule has 0 unspecified atom stereocenters. The van der Waals surface area contributed by atoms with Gasteiger partial charge in [-0.25, -0.2) is 9.78 Å². The number of carbonyl (C=O) groups is 2. The van der Waals surface area contributed by atoms with Gasteiger partial charge in [0.2, 0.25) is 0 Å². The molecule has 0 amide bonds. The second kappa shape index (κ2) is 11.9. The van der Waals surface area contributed by atoms with Crippen LogP contribution < -0.4 is 4.90 Å². The second-order valence-corrected chi connectivity index (χ2v) is 15.6. The molecule has 0 radical (unpaired) electrons. The Morgan fingerprint density at radius 3 is 2.28 bits per heavy atom. The highest BCUT2D eigenvalue weighted by Crippen LogP contribution is 2.45. The van der Waals surface area contributed by atoms with Crippen molar-refractivity contribution in [2.45, 2.75) is 65.8 Å². The SMILES string of the molecule is Cc1cc2nc(-c3ccc4c(c3)c(N3CC(C(=O)OC(C)(C)C)C3)nn4C)sc2c(-c2ccc(Cl)cc2)c1[C@H](OC(C)(C)C)C(=O)O. The summed E-state index contributed by atoms with van der Waals surface area (Å²) < 4.78 is 14.5. The average Bonchev–Trinajstić information content (AvgIpc) is 3.50. The van der Waals surface area contributed by atoms with E-state index in [1.165, 1.54) is 11.3 Å². The summed E-state index contributed by atoms with van der Waals surface area (Å²) in [5.41, 5.74) is 4.41. The molecule has 0 spiro atoms. The molecule has 11 heteroatoms. The van der Waals surface area contributed by atoms with Gasteiger partial charge in [-0.15, -0.1) is 11.3 Å². The number of esters is 1. The first kappa shape index (κ1) is 32.9. The van der Waals surface area contributed by atoms with Crippen molar-refractivity contribution in [3.05, 3.63) is 64.7 Å². The number of carboxylic acid groups (broad SMARTS) is 1. The fraction of sp³-hybridized carbons (Fsp3) is 0.389. The molecule has 1 aliphatic rings. The number of aliphatic carboxylic acids is 1.